The highest BCUT2D eigenvalue weighted by Gasteiger charge is 2.65. The Morgan fingerprint density at radius 2 is 1.04 bits per heavy atom. The molecule has 2 amide bonds. The number of rotatable bonds is 3. The van der Waals surface area contributed by atoms with Crippen molar-refractivity contribution in [2.45, 2.75) is 38.5 Å². The molecule has 0 saturated heterocycles. The van der Waals surface area contributed by atoms with Gasteiger partial charge in [-0.15, -0.1) is 0 Å². The molecule has 2 heterocycles. The fourth-order valence-electron chi connectivity index (χ4n) is 4.85. The highest BCUT2D eigenvalue weighted by Crippen LogP contribution is 2.57. The summed E-state index contributed by atoms with van der Waals surface area (Å²) in [5, 5.41) is 0. The zero-order valence-electron chi connectivity index (χ0n) is 15.7. The lowest BCUT2D eigenvalue weighted by atomic mass is 9.59. The Balaban J connectivity index is 2.03. The molecular weight excluding hydrogens is 324 g/mol. The van der Waals surface area contributed by atoms with Crippen molar-refractivity contribution < 1.29 is 9.59 Å². The average molecular weight is 348 g/mol. The van der Waals surface area contributed by atoms with Crippen molar-refractivity contribution >= 4 is 23.2 Å². The van der Waals surface area contributed by atoms with E-state index in [0.717, 1.165) is 22.5 Å². The van der Waals surface area contributed by atoms with Crippen LogP contribution in [0.2, 0.25) is 0 Å². The number of fused-ring (bicyclic) bond motifs is 2. The van der Waals surface area contributed by atoms with E-state index in [-0.39, 0.29) is 11.8 Å². The summed E-state index contributed by atoms with van der Waals surface area (Å²) < 4.78 is 0. The summed E-state index contributed by atoms with van der Waals surface area (Å²) in [6.07, 6.45) is 0. The number of nitrogens with zero attached hydrogens (tertiary/aromatic N) is 2. The van der Waals surface area contributed by atoms with Crippen molar-refractivity contribution in [2.75, 3.05) is 22.9 Å². The van der Waals surface area contributed by atoms with Gasteiger partial charge in [0.25, 0.3) is 0 Å². The van der Waals surface area contributed by atoms with E-state index in [9.17, 15) is 9.59 Å². The maximum atomic E-state index is 13.6. The molecular formula is C22H24N2O2. The quantitative estimate of drug-likeness (QED) is 0.850. The Hall–Kier alpha value is -2.62. The largest absolute Gasteiger partial charge is 0.312 e. The molecule has 134 valence electrons. The van der Waals surface area contributed by atoms with Crippen molar-refractivity contribution in [3.8, 4) is 0 Å². The van der Waals surface area contributed by atoms with Crippen LogP contribution in [0.5, 0.6) is 0 Å². The smallest absolute Gasteiger partial charge is 0.238 e. The zero-order valence-corrected chi connectivity index (χ0v) is 15.7. The lowest BCUT2D eigenvalue weighted by Gasteiger charge is -2.39. The van der Waals surface area contributed by atoms with Crippen LogP contribution in [-0.4, -0.2) is 24.9 Å². The molecule has 2 aromatic carbocycles. The molecule has 26 heavy (non-hydrogen) atoms. The van der Waals surface area contributed by atoms with Gasteiger partial charge in [-0.05, 0) is 51.0 Å². The summed E-state index contributed by atoms with van der Waals surface area (Å²) in [6.45, 7) is 9.02. The summed E-state index contributed by atoms with van der Waals surface area (Å²) in [6, 6.07) is 15.8. The molecule has 2 aliphatic heterocycles. The molecule has 4 rings (SSSR count). The molecule has 0 bridgehead atoms. The Labute approximate surface area is 154 Å². The van der Waals surface area contributed by atoms with Crippen molar-refractivity contribution in [3.63, 3.8) is 0 Å². The van der Waals surface area contributed by atoms with Gasteiger partial charge in [0.05, 0.1) is 10.8 Å². The van der Waals surface area contributed by atoms with Gasteiger partial charge in [-0.3, -0.25) is 9.59 Å². The Morgan fingerprint density at radius 1 is 0.692 bits per heavy atom. The third kappa shape index (κ3) is 1.70. The summed E-state index contributed by atoms with van der Waals surface area (Å²) in [7, 11) is 0. The number of amides is 2. The van der Waals surface area contributed by atoms with Crippen LogP contribution in [0.4, 0.5) is 11.4 Å². The summed E-state index contributed by atoms with van der Waals surface area (Å²) in [4.78, 5) is 30.8. The van der Waals surface area contributed by atoms with Crippen LogP contribution in [0.15, 0.2) is 48.5 Å². The number of hydrogen-bond donors (Lipinski definition) is 0. The minimum Gasteiger partial charge on any atom is -0.312 e. The van der Waals surface area contributed by atoms with Crippen LogP contribution in [0.3, 0.4) is 0 Å². The number of carbonyl (C=O) groups is 2. The predicted molar refractivity (Wildman–Crippen MR) is 104 cm³/mol. The third-order valence-electron chi connectivity index (χ3n) is 6.45. The highest BCUT2D eigenvalue weighted by molar-refractivity contribution is 6.18. The molecule has 0 aromatic heterocycles. The minimum absolute atomic E-state index is 0.00445. The second-order valence-corrected chi connectivity index (χ2v) is 7.38. The lowest BCUT2D eigenvalue weighted by molar-refractivity contribution is -0.133. The molecule has 0 fully saturated rings. The first kappa shape index (κ1) is 16.8. The van der Waals surface area contributed by atoms with Crippen molar-refractivity contribution in [1.29, 1.82) is 0 Å². The zero-order chi connectivity index (χ0) is 18.7. The lowest BCUT2D eigenvalue weighted by Crippen LogP contribution is -2.56. The van der Waals surface area contributed by atoms with Crippen LogP contribution >= 0.6 is 0 Å². The van der Waals surface area contributed by atoms with E-state index in [1.165, 1.54) is 0 Å². The molecule has 4 heteroatoms. The molecule has 0 N–H and O–H groups in total. The van der Waals surface area contributed by atoms with Gasteiger partial charge >= 0.3 is 0 Å². The van der Waals surface area contributed by atoms with E-state index < -0.39 is 10.8 Å². The van der Waals surface area contributed by atoms with Crippen LogP contribution in [0, 0.1) is 0 Å². The predicted octanol–water partition coefficient (Wildman–Crippen LogP) is 3.64. The molecule has 0 spiro atoms. The SMILES string of the molecule is CCN1C(=O)C(C)(C2(C)C(=O)N(CC)c3ccccc32)c2ccccc21. The number of likely N-dealkylation sites (N-methyl/N-ethyl adjacent to an activating group) is 2. The number of para-hydroxylation sites is 2. The number of anilines is 2. The fraction of sp³-hybridized carbons (Fsp3) is 0.364. The van der Waals surface area contributed by atoms with Crippen LogP contribution in [-0.2, 0) is 20.4 Å². The van der Waals surface area contributed by atoms with Crippen LogP contribution in [0.25, 0.3) is 0 Å². The Morgan fingerprint density at radius 3 is 1.38 bits per heavy atom. The van der Waals surface area contributed by atoms with Gasteiger partial charge in [0, 0.05) is 24.5 Å². The molecule has 4 nitrogen and oxygen atoms in total. The van der Waals surface area contributed by atoms with Gasteiger partial charge in [-0.1, -0.05) is 36.4 Å². The normalized spacial score (nSPS) is 27.1. The Bertz CT molecular complexity index is 846. The molecule has 0 radical (unpaired) electrons. The molecule has 2 unspecified atom stereocenters. The topological polar surface area (TPSA) is 40.6 Å². The van der Waals surface area contributed by atoms with Crippen molar-refractivity contribution in [1.82, 2.24) is 0 Å². The van der Waals surface area contributed by atoms with E-state index in [1.54, 1.807) is 0 Å². The number of hydrogen-bond acceptors (Lipinski definition) is 2. The van der Waals surface area contributed by atoms with Gasteiger partial charge in [0.2, 0.25) is 11.8 Å². The third-order valence-corrected chi connectivity index (χ3v) is 6.45. The standard InChI is InChI=1S/C22H24N2O2/c1-5-23-17-13-9-7-11-15(17)21(3,19(23)25)22(4)16-12-8-10-14-18(16)24(6-2)20(22)26/h7-14H,5-6H2,1-4H3. The molecule has 2 aliphatic rings. The first-order chi connectivity index (χ1) is 12.4. The molecule has 2 atom stereocenters. The molecule has 2 aromatic rings. The van der Waals surface area contributed by atoms with Gasteiger partial charge in [-0.2, -0.15) is 0 Å². The van der Waals surface area contributed by atoms with Gasteiger partial charge < -0.3 is 9.80 Å². The number of carbonyl (C=O) groups excluding carboxylic acids is 2. The maximum Gasteiger partial charge on any atom is 0.238 e. The fourth-order valence-corrected chi connectivity index (χ4v) is 4.85. The van der Waals surface area contributed by atoms with Gasteiger partial charge in [-0.25, -0.2) is 0 Å². The van der Waals surface area contributed by atoms with Gasteiger partial charge in [0.1, 0.15) is 0 Å². The van der Waals surface area contributed by atoms with E-state index in [1.807, 2.05) is 86.0 Å². The van der Waals surface area contributed by atoms with Crippen molar-refractivity contribution in [2.24, 2.45) is 0 Å². The first-order valence-corrected chi connectivity index (χ1v) is 9.25. The monoisotopic (exact) mass is 348 g/mol. The minimum atomic E-state index is -0.934. The van der Waals surface area contributed by atoms with Crippen LogP contribution < -0.4 is 9.80 Å². The molecule has 0 aliphatic carbocycles. The maximum absolute atomic E-state index is 13.6. The van der Waals surface area contributed by atoms with E-state index in [4.69, 9.17) is 0 Å². The second kappa shape index (κ2) is 5.44. The van der Waals surface area contributed by atoms with Gasteiger partial charge in [0.15, 0.2) is 0 Å². The van der Waals surface area contributed by atoms with Crippen LogP contribution in [0.1, 0.15) is 38.8 Å². The van der Waals surface area contributed by atoms with E-state index in [2.05, 4.69) is 0 Å². The van der Waals surface area contributed by atoms with E-state index in [0.29, 0.717) is 13.1 Å². The summed E-state index contributed by atoms with van der Waals surface area (Å²) >= 11 is 0. The van der Waals surface area contributed by atoms with E-state index >= 15 is 0 Å². The number of benzene rings is 2. The second-order valence-electron chi connectivity index (χ2n) is 7.38. The summed E-state index contributed by atoms with van der Waals surface area (Å²) in [5.41, 5.74) is 1.85. The molecule has 0 saturated carbocycles. The average Bonchev–Trinajstić information content (AvgIpc) is 3.03. The first-order valence-electron chi connectivity index (χ1n) is 9.25. The Kier molecular flexibility index (Phi) is 3.52. The highest BCUT2D eigenvalue weighted by atomic mass is 16.2. The van der Waals surface area contributed by atoms with Crippen molar-refractivity contribution in [3.05, 3.63) is 59.7 Å². The summed E-state index contributed by atoms with van der Waals surface area (Å²) in [5.74, 6) is 0.00890.